The van der Waals surface area contributed by atoms with Gasteiger partial charge in [0.05, 0.1) is 0 Å². The van der Waals surface area contributed by atoms with Gasteiger partial charge in [-0.25, -0.2) is 0 Å². The molecule has 0 radical (unpaired) electrons. The van der Waals surface area contributed by atoms with Crippen LogP contribution in [0.1, 0.15) is 0 Å². The fourth-order valence-electron chi connectivity index (χ4n) is 0.689. The van der Waals surface area contributed by atoms with Crippen molar-refractivity contribution in [3.05, 3.63) is 29.3 Å². The second-order valence-corrected chi connectivity index (χ2v) is 6.83. The van der Waals surface area contributed by atoms with Gasteiger partial charge in [0.1, 0.15) is 0 Å². The van der Waals surface area contributed by atoms with Crippen LogP contribution in [-0.2, 0) is 4.57 Å². The molecule has 0 heterocycles. The Morgan fingerprint density at radius 2 is 2.08 bits per heavy atom. The Labute approximate surface area is 79.7 Å². The molecule has 0 unspecified atom stereocenters. The van der Waals surface area contributed by atoms with E-state index < -0.39 is 6.65 Å². The third-order valence-corrected chi connectivity index (χ3v) is 3.52. The Morgan fingerprint density at radius 3 is 2.58 bits per heavy atom. The lowest BCUT2D eigenvalue weighted by atomic mass is 10.4. The fraction of sp³-hybridized carbons (Fsp3) is 0. The van der Waals surface area contributed by atoms with E-state index in [1.54, 1.807) is 24.3 Å². The molecular formula is C6H8ClN2OPS. The molecule has 0 aliphatic rings. The average molecular weight is 223 g/mol. The molecule has 66 valence electrons. The molecule has 0 fully saturated rings. The van der Waals surface area contributed by atoms with Crippen LogP contribution in [0.2, 0.25) is 5.02 Å². The Hall–Kier alpha value is 0.01000. The molecule has 0 aromatic heterocycles. The Balaban J connectivity index is 2.84. The molecular weight excluding hydrogens is 215 g/mol. The molecule has 12 heavy (non-hydrogen) atoms. The zero-order chi connectivity index (χ0) is 9.19. The molecule has 0 saturated carbocycles. The van der Waals surface area contributed by atoms with Crippen LogP contribution in [0.5, 0.6) is 0 Å². The maximum Gasteiger partial charge on any atom is 0.265 e. The fourth-order valence-corrected chi connectivity index (χ4v) is 2.92. The highest BCUT2D eigenvalue weighted by molar-refractivity contribution is 8.56. The Kier molecular flexibility index (Phi) is 3.21. The summed E-state index contributed by atoms with van der Waals surface area (Å²) in [7, 11) is 0. The molecule has 0 bridgehead atoms. The van der Waals surface area contributed by atoms with Gasteiger partial charge < -0.3 is 0 Å². The molecule has 6 heteroatoms. The van der Waals surface area contributed by atoms with E-state index in [1.165, 1.54) is 0 Å². The lowest BCUT2D eigenvalue weighted by Crippen LogP contribution is -1.99. The molecule has 0 atom stereocenters. The van der Waals surface area contributed by atoms with Crippen molar-refractivity contribution in [3.8, 4) is 0 Å². The van der Waals surface area contributed by atoms with Crippen LogP contribution in [0, 0.1) is 0 Å². The van der Waals surface area contributed by atoms with E-state index in [4.69, 9.17) is 22.6 Å². The first-order valence-corrected chi connectivity index (χ1v) is 6.74. The van der Waals surface area contributed by atoms with E-state index in [2.05, 4.69) is 0 Å². The van der Waals surface area contributed by atoms with Crippen molar-refractivity contribution in [3.63, 3.8) is 0 Å². The van der Waals surface area contributed by atoms with Gasteiger partial charge in [0.15, 0.2) is 0 Å². The molecule has 1 aromatic rings. The monoisotopic (exact) mass is 222 g/mol. The zero-order valence-corrected chi connectivity index (χ0v) is 8.57. The SMILES string of the molecule is NP(N)(=O)Sc1cccc(Cl)c1. The van der Waals surface area contributed by atoms with Gasteiger partial charge in [0, 0.05) is 9.92 Å². The van der Waals surface area contributed by atoms with Gasteiger partial charge in [-0.2, -0.15) is 0 Å². The van der Waals surface area contributed by atoms with Gasteiger partial charge in [-0.1, -0.05) is 17.7 Å². The van der Waals surface area contributed by atoms with Crippen molar-refractivity contribution in [2.75, 3.05) is 0 Å². The van der Waals surface area contributed by atoms with Gasteiger partial charge in [-0.15, -0.1) is 0 Å². The van der Waals surface area contributed by atoms with Crippen LogP contribution in [-0.4, -0.2) is 0 Å². The summed E-state index contributed by atoms with van der Waals surface area (Å²) in [6, 6.07) is 6.89. The van der Waals surface area contributed by atoms with E-state index in [0.717, 1.165) is 16.3 Å². The quantitative estimate of drug-likeness (QED) is 0.755. The van der Waals surface area contributed by atoms with Crippen LogP contribution < -0.4 is 11.0 Å². The molecule has 1 aromatic carbocycles. The lowest BCUT2D eigenvalue weighted by molar-refractivity contribution is 0.587. The van der Waals surface area contributed by atoms with Crippen LogP contribution in [0.25, 0.3) is 0 Å². The predicted molar refractivity (Wildman–Crippen MR) is 53.3 cm³/mol. The van der Waals surface area contributed by atoms with Crippen LogP contribution >= 0.6 is 29.6 Å². The zero-order valence-electron chi connectivity index (χ0n) is 6.11. The van der Waals surface area contributed by atoms with Crippen LogP contribution in [0.15, 0.2) is 29.2 Å². The van der Waals surface area contributed by atoms with E-state index in [1.807, 2.05) is 0 Å². The number of rotatable bonds is 2. The first-order valence-electron chi connectivity index (χ1n) is 3.10. The summed E-state index contributed by atoms with van der Waals surface area (Å²) in [4.78, 5) is 0.718. The number of benzene rings is 1. The average Bonchev–Trinajstić information content (AvgIpc) is 1.82. The van der Waals surface area contributed by atoms with Crippen molar-refractivity contribution in [1.29, 1.82) is 0 Å². The Morgan fingerprint density at radius 1 is 1.42 bits per heavy atom. The van der Waals surface area contributed by atoms with Crippen molar-refractivity contribution < 1.29 is 4.57 Å². The predicted octanol–water partition coefficient (Wildman–Crippen LogP) is 2.46. The van der Waals surface area contributed by atoms with Crippen LogP contribution in [0.4, 0.5) is 0 Å². The van der Waals surface area contributed by atoms with E-state index in [-0.39, 0.29) is 0 Å². The second-order valence-electron chi connectivity index (χ2n) is 2.19. The number of hydrogen-bond acceptors (Lipinski definition) is 2. The van der Waals surface area contributed by atoms with Crippen molar-refractivity contribution >= 4 is 29.6 Å². The summed E-state index contributed by atoms with van der Waals surface area (Å²) in [5.41, 5.74) is 10.3. The van der Waals surface area contributed by atoms with Gasteiger partial charge in [0.2, 0.25) is 0 Å². The Bertz CT molecular complexity index is 327. The molecule has 1 rings (SSSR count). The van der Waals surface area contributed by atoms with Crippen molar-refractivity contribution in [1.82, 2.24) is 0 Å². The summed E-state index contributed by atoms with van der Waals surface area (Å²) in [6.07, 6.45) is 0. The standard InChI is InChI=1S/C6H8ClN2OPS/c7-5-2-1-3-6(4-5)12-11(8,9)10/h1-4H,(H4,8,9,10). The number of hydrogen-bond donors (Lipinski definition) is 2. The highest BCUT2D eigenvalue weighted by Gasteiger charge is 2.10. The second kappa shape index (κ2) is 3.81. The van der Waals surface area contributed by atoms with Crippen molar-refractivity contribution in [2.24, 2.45) is 11.0 Å². The van der Waals surface area contributed by atoms with E-state index in [0.29, 0.717) is 5.02 Å². The summed E-state index contributed by atoms with van der Waals surface area (Å²) in [5, 5.41) is 0.577. The lowest BCUT2D eigenvalue weighted by Gasteiger charge is -2.04. The largest absolute Gasteiger partial charge is 0.277 e. The van der Waals surface area contributed by atoms with Gasteiger partial charge >= 0.3 is 0 Å². The molecule has 0 aliphatic carbocycles. The minimum absolute atomic E-state index is 0.577. The maximum absolute atomic E-state index is 11.0. The maximum atomic E-state index is 11.0. The topological polar surface area (TPSA) is 69.1 Å². The summed E-state index contributed by atoms with van der Waals surface area (Å²) >= 11 is 6.63. The molecule has 0 saturated heterocycles. The summed E-state index contributed by atoms with van der Waals surface area (Å²) in [6.45, 7) is -3.05. The van der Waals surface area contributed by atoms with Gasteiger partial charge in [0.25, 0.3) is 6.65 Å². The third kappa shape index (κ3) is 3.61. The summed E-state index contributed by atoms with van der Waals surface area (Å²) in [5.74, 6) is 0. The first kappa shape index (κ1) is 10.1. The van der Waals surface area contributed by atoms with Gasteiger partial charge in [-0.05, 0) is 29.6 Å². The number of halogens is 1. The van der Waals surface area contributed by atoms with Crippen LogP contribution in [0.3, 0.4) is 0 Å². The van der Waals surface area contributed by atoms with Gasteiger partial charge in [-0.3, -0.25) is 15.6 Å². The highest BCUT2D eigenvalue weighted by Crippen LogP contribution is 2.48. The first-order chi connectivity index (χ1) is 5.47. The molecule has 3 nitrogen and oxygen atoms in total. The van der Waals surface area contributed by atoms with E-state index in [9.17, 15) is 4.57 Å². The molecule has 0 aliphatic heterocycles. The van der Waals surface area contributed by atoms with Crippen molar-refractivity contribution in [2.45, 2.75) is 4.90 Å². The summed E-state index contributed by atoms with van der Waals surface area (Å²) < 4.78 is 11.0. The minimum atomic E-state index is -3.05. The smallest absolute Gasteiger partial charge is 0.265 e. The third-order valence-electron chi connectivity index (χ3n) is 1.04. The highest BCUT2D eigenvalue weighted by atomic mass is 35.5. The normalized spacial score (nSPS) is 11.6. The number of nitrogens with two attached hydrogens (primary N) is 2. The molecule has 4 N–H and O–H groups in total. The van der Waals surface area contributed by atoms with E-state index >= 15 is 0 Å². The minimum Gasteiger partial charge on any atom is -0.277 e. The molecule has 0 amide bonds. The molecule has 0 spiro atoms.